The normalized spacial score (nSPS) is 10.9. The summed E-state index contributed by atoms with van der Waals surface area (Å²) in [6.45, 7) is 3.45. The number of benzene rings is 2. The molecule has 0 aliphatic rings. The first-order valence-electron chi connectivity index (χ1n) is 7.67. The van der Waals surface area contributed by atoms with Crippen LogP contribution in [0, 0.1) is 0 Å². The number of halogens is 1. The van der Waals surface area contributed by atoms with Crippen molar-refractivity contribution in [3.63, 3.8) is 0 Å². The molecule has 1 aromatic heterocycles. The summed E-state index contributed by atoms with van der Waals surface area (Å²) in [5.41, 5.74) is 2.72. The standard InChI is InChI=1S/C18H18BrN3O/c1-2-11-22-16-6-4-3-5-15(16)21-17(22)12-20-18(23)13-7-9-14(19)10-8-13/h3-10H,2,11-12H2,1H3,(H,20,23). The van der Waals surface area contributed by atoms with Crippen molar-refractivity contribution >= 4 is 32.9 Å². The summed E-state index contributed by atoms with van der Waals surface area (Å²) in [5.74, 6) is 0.797. The van der Waals surface area contributed by atoms with Crippen molar-refractivity contribution < 1.29 is 4.79 Å². The van der Waals surface area contributed by atoms with E-state index in [1.165, 1.54) is 0 Å². The smallest absolute Gasteiger partial charge is 0.251 e. The van der Waals surface area contributed by atoms with Gasteiger partial charge in [0.2, 0.25) is 0 Å². The van der Waals surface area contributed by atoms with Crippen LogP contribution in [0.2, 0.25) is 0 Å². The van der Waals surface area contributed by atoms with Gasteiger partial charge in [-0.05, 0) is 42.8 Å². The van der Waals surface area contributed by atoms with Gasteiger partial charge in [-0.15, -0.1) is 0 Å². The number of nitrogens with one attached hydrogen (secondary N) is 1. The summed E-state index contributed by atoms with van der Waals surface area (Å²) in [5, 5.41) is 2.96. The van der Waals surface area contributed by atoms with E-state index >= 15 is 0 Å². The Labute approximate surface area is 143 Å². The number of amides is 1. The SMILES string of the molecule is CCCn1c(CNC(=O)c2ccc(Br)cc2)nc2ccccc21. The zero-order chi connectivity index (χ0) is 16.2. The molecule has 0 atom stereocenters. The van der Waals surface area contributed by atoms with Crippen molar-refractivity contribution in [2.24, 2.45) is 0 Å². The number of aromatic nitrogens is 2. The van der Waals surface area contributed by atoms with E-state index in [2.05, 4.69) is 43.8 Å². The zero-order valence-electron chi connectivity index (χ0n) is 12.9. The van der Waals surface area contributed by atoms with Gasteiger partial charge < -0.3 is 9.88 Å². The minimum absolute atomic E-state index is 0.0902. The number of carbonyl (C=O) groups excluding carboxylic acids is 1. The fraction of sp³-hybridized carbons (Fsp3) is 0.222. The molecule has 0 saturated carbocycles. The molecule has 0 fully saturated rings. The number of hydrogen-bond donors (Lipinski definition) is 1. The quantitative estimate of drug-likeness (QED) is 0.732. The Morgan fingerprint density at radius 2 is 1.91 bits per heavy atom. The molecule has 0 unspecified atom stereocenters. The molecule has 118 valence electrons. The third-order valence-electron chi connectivity index (χ3n) is 3.69. The Morgan fingerprint density at radius 3 is 2.65 bits per heavy atom. The first-order valence-corrected chi connectivity index (χ1v) is 8.46. The highest BCUT2D eigenvalue weighted by molar-refractivity contribution is 9.10. The average molecular weight is 372 g/mol. The largest absolute Gasteiger partial charge is 0.345 e. The topological polar surface area (TPSA) is 46.9 Å². The number of fused-ring (bicyclic) bond motifs is 1. The van der Waals surface area contributed by atoms with Gasteiger partial charge in [-0.1, -0.05) is 35.0 Å². The van der Waals surface area contributed by atoms with Crippen LogP contribution in [0.3, 0.4) is 0 Å². The van der Waals surface area contributed by atoms with E-state index in [1.807, 2.05) is 30.3 Å². The molecule has 0 bridgehead atoms. The molecule has 1 heterocycles. The van der Waals surface area contributed by atoms with Crippen LogP contribution in [0.4, 0.5) is 0 Å². The highest BCUT2D eigenvalue weighted by Crippen LogP contribution is 2.17. The lowest BCUT2D eigenvalue weighted by atomic mass is 10.2. The van der Waals surface area contributed by atoms with Crippen LogP contribution in [-0.4, -0.2) is 15.5 Å². The Morgan fingerprint density at radius 1 is 1.17 bits per heavy atom. The van der Waals surface area contributed by atoms with Gasteiger partial charge in [0, 0.05) is 16.6 Å². The number of carbonyl (C=O) groups is 1. The molecule has 0 aliphatic heterocycles. The Kier molecular flexibility index (Phi) is 4.76. The van der Waals surface area contributed by atoms with E-state index < -0.39 is 0 Å². The molecule has 4 nitrogen and oxygen atoms in total. The monoisotopic (exact) mass is 371 g/mol. The highest BCUT2D eigenvalue weighted by Gasteiger charge is 2.11. The molecule has 0 aliphatic carbocycles. The number of rotatable bonds is 5. The van der Waals surface area contributed by atoms with Gasteiger partial charge in [0.15, 0.2) is 0 Å². The Balaban J connectivity index is 1.79. The van der Waals surface area contributed by atoms with E-state index in [-0.39, 0.29) is 5.91 Å². The maximum atomic E-state index is 12.3. The van der Waals surface area contributed by atoms with Gasteiger partial charge in [-0.25, -0.2) is 4.98 Å². The van der Waals surface area contributed by atoms with Gasteiger partial charge in [0.25, 0.3) is 5.91 Å². The number of nitrogens with zero attached hydrogens (tertiary/aromatic N) is 2. The van der Waals surface area contributed by atoms with Crippen LogP contribution in [0.25, 0.3) is 11.0 Å². The first kappa shape index (κ1) is 15.7. The van der Waals surface area contributed by atoms with Crippen molar-refractivity contribution in [3.8, 4) is 0 Å². The second-order valence-electron chi connectivity index (χ2n) is 5.36. The fourth-order valence-electron chi connectivity index (χ4n) is 2.60. The van der Waals surface area contributed by atoms with E-state index in [9.17, 15) is 4.79 Å². The molecule has 23 heavy (non-hydrogen) atoms. The lowest BCUT2D eigenvalue weighted by molar-refractivity contribution is 0.0949. The highest BCUT2D eigenvalue weighted by atomic mass is 79.9. The number of para-hydroxylation sites is 2. The van der Waals surface area contributed by atoms with Crippen LogP contribution in [0.15, 0.2) is 53.0 Å². The number of hydrogen-bond acceptors (Lipinski definition) is 2. The molecular weight excluding hydrogens is 354 g/mol. The second-order valence-corrected chi connectivity index (χ2v) is 6.27. The van der Waals surface area contributed by atoms with Crippen molar-refractivity contribution in [1.82, 2.24) is 14.9 Å². The molecule has 3 rings (SSSR count). The van der Waals surface area contributed by atoms with Crippen LogP contribution in [0.5, 0.6) is 0 Å². The Hall–Kier alpha value is -2.14. The molecule has 1 amide bonds. The molecule has 1 N–H and O–H groups in total. The minimum Gasteiger partial charge on any atom is -0.345 e. The van der Waals surface area contributed by atoms with Crippen molar-refractivity contribution in [2.75, 3.05) is 0 Å². The molecule has 0 saturated heterocycles. The minimum atomic E-state index is -0.0902. The zero-order valence-corrected chi connectivity index (χ0v) is 14.5. The fourth-order valence-corrected chi connectivity index (χ4v) is 2.86. The van der Waals surface area contributed by atoms with Crippen molar-refractivity contribution in [3.05, 3.63) is 64.4 Å². The molecule has 0 radical (unpaired) electrons. The average Bonchev–Trinajstić information content (AvgIpc) is 2.92. The lowest BCUT2D eigenvalue weighted by Gasteiger charge is -2.09. The first-order chi connectivity index (χ1) is 11.2. The van der Waals surface area contributed by atoms with Gasteiger partial charge in [0.05, 0.1) is 17.6 Å². The van der Waals surface area contributed by atoms with E-state index in [0.717, 1.165) is 34.3 Å². The summed E-state index contributed by atoms with van der Waals surface area (Å²) in [7, 11) is 0. The van der Waals surface area contributed by atoms with E-state index in [1.54, 1.807) is 12.1 Å². The predicted octanol–water partition coefficient (Wildman–Crippen LogP) is 4.14. The Bertz CT molecular complexity index is 824. The van der Waals surface area contributed by atoms with Crippen LogP contribution < -0.4 is 5.32 Å². The second kappa shape index (κ2) is 6.96. The summed E-state index contributed by atoms with van der Waals surface area (Å²) >= 11 is 3.37. The summed E-state index contributed by atoms with van der Waals surface area (Å²) in [4.78, 5) is 16.9. The molecule has 2 aromatic carbocycles. The lowest BCUT2D eigenvalue weighted by Crippen LogP contribution is -2.24. The van der Waals surface area contributed by atoms with Gasteiger partial charge in [-0.3, -0.25) is 4.79 Å². The van der Waals surface area contributed by atoms with Crippen molar-refractivity contribution in [2.45, 2.75) is 26.4 Å². The van der Waals surface area contributed by atoms with Crippen LogP contribution >= 0.6 is 15.9 Å². The maximum absolute atomic E-state index is 12.3. The third kappa shape index (κ3) is 3.45. The molecular formula is C18H18BrN3O. The maximum Gasteiger partial charge on any atom is 0.251 e. The molecule has 0 spiro atoms. The summed E-state index contributed by atoms with van der Waals surface area (Å²) in [6.07, 6.45) is 1.02. The van der Waals surface area contributed by atoms with Gasteiger partial charge in [-0.2, -0.15) is 0 Å². The van der Waals surface area contributed by atoms with E-state index in [0.29, 0.717) is 12.1 Å². The van der Waals surface area contributed by atoms with Crippen LogP contribution in [0.1, 0.15) is 29.5 Å². The third-order valence-corrected chi connectivity index (χ3v) is 4.22. The van der Waals surface area contributed by atoms with Gasteiger partial charge >= 0.3 is 0 Å². The number of imidazole rings is 1. The summed E-state index contributed by atoms with van der Waals surface area (Å²) < 4.78 is 3.13. The van der Waals surface area contributed by atoms with Gasteiger partial charge in [0.1, 0.15) is 5.82 Å². The molecule has 3 aromatic rings. The summed E-state index contributed by atoms with van der Waals surface area (Å²) in [6, 6.07) is 15.4. The molecule has 5 heteroatoms. The predicted molar refractivity (Wildman–Crippen MR) is 95.3 cm³/mol. The van der Waals surface area contributed by atoms with Crippen LogP contribution in [-0.2, 0) is 13.1 Å². The van der Waals surface area contributed by atoms with Crippen molar-refractivity contribution in [1.29, 1.82) is 0 Å². The number of aryl methyl sites for hydroxylation is 1. The van der Waals surface area contributed by atoms with E-state index in [4.69, 9.17) is 0 Å².